The summed E-state index contributed by atoms with van der Waals surface area (Å²) in [6, 6.07) is 2.53. The molecule has 3 unspecified atom stereocenters. The number of rotatable bonds is 3. The van der Waals surface area contributed by atoms with Crippen molar-refractivity contribution in [2.24, 2.45) is 22.5 Å². The molecule has 116 valence electrons. The van der Waals surface area contributed by atoms with E-state index in [9.17, 15) is 8.78 Å². The minimum atomic E-state index is -0.653. The molecule has 1 aromatic carbocycles. The van der Waals surface area contributed by atoms with E-state index in [4.69, 9.17) is 10.5 Å². The van der Waals surface area contributed by atoms with E-state index in [2.05, 4.69) is 20.8 Å². The molecule has 0 radical (unpaired) electrons. The molecule has 2 aliphatic carbocycles. The molecule has 0 aromatic heterocycles. The van der Waals surface area contributed by atoms with Gasteiger partial charge in [-0.15, -0.1) is 0 Å². The first-order valence-electron chi connectivity index (χ1n) is 7.64. The van der Waals surface area contributed by atoms with E-state index in [-0.39, 0.29) is 29.2 Å². The third-order valence-electron chi connectivity index (χ3n) is 6.27. The first-order chi connectivity index (χ1) is 9.79. The van der Waals surface area contributed by atoms with Gasteiger partial charge in [0.15, 0.2) is 17.4 Å². The molecule has 21 heavy (non-hydrogen) atoms. The summed E-state index contributed by atoms with van der Waals surface area (Å²) < 4.78 is 34.0. The fourth-order valence-corrected chi connectivity index (χ4v) is 4.29. The highest BCUT2D eigenvalue weighted by molar-refractivity contribution is 5.32. The molecule has 0 amide bonds. The number of ether oxygens (including phenoxy) is 1. The molecular formula is C17H23F2NO. The van der Waals surface area contributed by atoms with Gasteiger partial charge in [0.1, 0.15) is 6.10 Å². The maximum atomic E-state index is 14.1. The lowest BCUT2D eigenvalue weighted by molar-refractivity contribution is 0.0252. The zero-order valence-electron chi connectivity index (χ0n) is 12.9. The summed E-state index contributed by atoms with van der Waals surface area (Å²) in [5.41, 5.74) is 6.00. The van der Waals surface area contributed by atoms with Gasteiger partial charge in [-0.1, -0.05) is 20.8 Å². The van der Waals surface area contributed by atoms with Crippen molar-refractivity contribution in [1.82, 2.24) is 0 Å². The molecule has 2 nitrogen and oxygen atoms in total. The second-order valence-electron chi connectivity index (χ2n) is 7.31. The average molecular weight is 295 g/mol. The van der Waals surface area contributed by atoms with Gasteiger partial charge in [0.05, 0.1) is 0 Å². The Morgan fingerprint density at radius 3 is 2.29 bits per heavy atom. The Hall–Kier alpha value is -1.16. The molecule has 4 heteroatoms. The summed E-state index contributed by atoms with van der Waals surface area (Å²) in [7, 11) is 0. The van der Waals surface area contributed by atoms with E-state index >= 15 is 0 Å². The van der Waals surface area contributed by atoms with Crippen molar-refractivity contribution in [2.75, 3.05) is 0 Å². The van der Waals surface area contributed by atoms with Gasteiger partial charge in [-0.3, -0.25) is 0 Å². The van der Waals surface area contributed by atoms with Crippen LogP contribution in [0.1, 0.15) is 45.6 Å². The third-order valence-corrected chi connectivity index (χ3v) is 6.27. The van der Waals surface area contributed by atoms with E-state index in [0.29, 0.717) is 11.5 Å². The fraction of sp³-hybridized carbons (Fsp3) is 0.647. The molecule has 0 heterocycles. The summed E-state index contributed by atoms with van der Waals surface area (Å²) in [5.74, 6) is -0.983. The Kier molecular flexibility index (Phi) is 3.28. The van der Waals surface area contributed by atoms with Crippen LogP contribution in [0.25, 0.3) is 0 Å². The molecule has 2 bridgehead atoms. The van der Waals surface area contributed by atoms with E-state index in [0.717, 1.165) is 12.8 Å². The second kappa shape index (κ2) is 4.67. The average Bonchev–Trinajstić information content (AvgIpc) is 2.75. The normalized spacial score (nSPS) is 33.4. The molecule has 2 aliphatic rings. The first-order valence-corrected chi connectivity index (χ1v) is 7.64. The Morgan fingerprint density at radius 2 is 1.86 bits per heavy atom. The summed E-state index contributed by atoms with van der Waals surface area (Å²) in [5, 5.41) is 0. The van der Waals surface area contributed by atoms with Crippen molar-refractivity contribution in [2.45, 2.75) is 52.7 Å². The Bertz CT molecular complexity index is 549. The van der Waals surface area contributed by atoms with Crippen LogP contribution in [0.15, 0.2) is 12.1 Å². The molecular weight excluding hydrogens is 272 g/mol. The van der Waals surface area contributed by atoms with Crippen LogP contribution in [-0.2, 0) is 6.54 Å². The minimum Gasteiger partial charge on any atom is -0.484 e. The van der Waals surface area contributed by atoms with E-state index < -0.39 is 11.6 Å². The molecule has 1 aromatic rings. The maximum Gasteiger partial charge on any atom is 0.191 e. The van der Waals surface area contributed by atoms with Crippen molar-refractivity contribution >= 4 is 0 Å². The van der Waals surface area contributed by atoms with Gasteiger partial charge in [-0.2, -0.15) is 0 Å². The Balaban J connectivity index is 1.89. The van der Waals surface area contributed by atoms with Gasteiger partial charge < -0.3 is 10.5 Å². The van der Waals surface area contributed by atoms with Crippen LogP contribution in [-0.4, -0.2) is 6.10 Å². The third kappa shape index (κ3) is 1.99. The number of hydrogen-bond acceptors (Lipinski definition) is 2. The van der Waals surface area contributed by atoms with E-state index in [1.54, 1.807) is 0 Å². The molecule has 2 N–H and O–H groups in total. The van der Waals surface area contributed by atoms with E-state index in [1.807, 2.05) is 0 Å². The zero-order valence-corrected chi connectivity index (χ0v) is 12.9. The van der Waals surface area contributed by atoms with Gasteiger partial charge in [-0.25, -0.2) is 8.78 Å². The van der Waals surface area contributed by atoms with Crippen LogP contribution in [0.2, 0.25) is 0 Å². The van der Waals surface area contributed by atoms with Gasteiger partial charge >= 0.3 is 0 Å². The van der Waals surface area contributed by atoms with Crippen LogP contribution in [0, 0.1) is 28.4 Å². The molecule has 0 spiro atoms. The highest BCUT2D eigenvalue weighted by Gasteiger charge is 2.62. The van der Waals surface area contributed by atoms with Crippen LogP contribution in [0.5, 0.6) is 5.75 Å². The zero-order chi connectivity index (χ0) is 15.4. The van der Waals surface area contributed by atoms with Crippen LogP contribution in [0.3, 0.4) is 0 Å². The number of benzene rings is 1. The van der Waals surface area contributed by atoms with Crippen LogP contribution in [0.4, 0.5) is 8.78 Å². The van der Waals surface area contributed by atoms with Gasteiger partial charge in [-0.05, 0) is 48.3 Å². The number of fused-ring (bicyclic) bond motifs is 2. The largest absolute Gasteiger partial charge is 0.484 e. The standard InChI is InChI=1S/C17H23F2NO/c1-16(2)11-4-5-17(16,3)14(8-11)21-15-12(18)6-10(9-20)7-13(15)19/h6-7,11,14H,4-5,8-9,20H2,1-3H3. The summed E-state index contributed by atoms with van der Waals surface area (Å²) in [4.78, 5) is 0. The number of nitrogens with two attached hydrogens (primary N) is 1. The summed E-state index contributed by atoms with van der Waals surface area (Å²) >= 11 is 0. The minimum absolute atomic E-state index is 0.0247. The lowest BCUT2D eigenvalue weighted by Crippen LogP contribution is -2.39. The highest BCUT2D eigenvalue weighted by atomic mass is 19.1. The second-order valence-corrected chi connectivity index (χ2v) is 7.31. The van der Waals surface area contributed by atoms with Crippen molar-refractivity contribution in [1.29, 1.82) is 0 Å². The highest BCUT2D eigenvalue weighted by Crippen LogP contribution is 2.66. The Labute approximate surface area is 124 Å². The van der Waals surface area contributed by atoms with Crippen molar-refractivity contribution in [3.8, 4) is 5.75 Å². The molecule has 2 fully saturated rings. The molecule has 0 aliphatic heterocycles. The van der Waals surface area contributed by atoms with Gasteiger partial charge in [0, 0.05) is 12.0 Å². The van der Waals surface area contributed by atoms with Crippen molar-refractivity contribution < 1.29 is 13.5 Å². The molecule has 0 saturated heterocycles. The lowest BCUT2D eigenvalue weighted by Gasteiger charge is -2.38. The van der Waals surface area contributed by atoms with Crippen LogP contribution < -0.4 is 10.5 Å². The maximum absolute atomic E-state index is 14.1. The number of halogens is 2. The monoisotopic (exact) mass is 295 g/mol. The SMILES string of the molecule is CC1(C)C2CCC1(C)C(Oc1c(F)cc(CN)cc1F)C2. The first kappa shape index (κ1) is 14.8. The van der Waals surface area contributed by atoms with Crippen LogP contribution >= 0.6 is 0 Å². The Morgan fingerprint density at radius 1 is 1.24 bits per heavy atom. The van der Waals surface area contributed by atoms with E-state index in [1.165, 1.54) is 18.6 Å². The predicted molar refractivity (Wildman–Crippen MR) is 77.9 cm³/mol. The topological polar surface area (TPSA) is 35.2 Å². The molecule has 3 rings (SSSR count). The summed E-state index contributed by atoms with van der Waals surface area (Å²) in [6.45, 7) is 6.80. The van der Waals surface area contributed by atoms with Crippen molar-refractivity contribution in [3.63, 3.8) is 0 Å². The smallest absolute Gasteiger partial charge is 0.191 e. The number of hydrogen-bond donors (Lipinski definition) is 1. The lowest BCUT2D eigenvalue weighted by atomic mass is 9.70. The molecule has 2 saturated carbocycles. The summed E-state index contributed by atoms with van der Waals surface area (Å²) in [6.07, 6.45) is 2.99. The van der Waals surface area contributed by atoms with Gasteiger partial charge in [0.25, 0.3) is 0 Å². The quantitative estimate of drug-likeness (QED) is 0.914. The predicted octanol–water partition coefficient (Wildman–Crippen LogP) is 4.02. The van der Waals surface area contributed by atoms with Crippen molar-refractivity contribution in [3.05, 3.63) is 29.3 Å². The van der Waals surface area contributed by atoms with Gasteiger partial charge in [0.2, 0.25) is 0 Å². The molecule has 3 atom stereocenters. The fourth-order valence-electron chi connectivity index (χ4n) is 4.29.